The number of carboxylic acids is 1. The zero-order chi connectivity index (χ0) is 24.8. The molecule has 7 nitrogen and oxygen atoms in total. The Morgan fingerprint density at radius 2 is 1.86 bits per heavy atom. The zero-order valence-electron chi connectivity index (χ0n) is 19.9. The van der Waals surface area contributed by atoms with Crippen LogP contribution in [0.1, 0.15) is 22.5 Å². The first kappa shape index (κ1) is 24.3. The van der Waals surface area contributed by atoms with Gasteiger partial charge in [-0.2, -0.15) is 0 Å². The normalized spacial score (nSPS) is 11.1. The minimum absolute atomic E-state index is 0.149. The molecule has 1 aromatic heterocycles. The van der Waals surface area contributed by atoms with Gasteiger partial charge in [0.15, 0.2) is 0 Å². The number of nitrogens with two attached hydrogens (primary N) is 1. The van der Waals surface area contributed by atoms with Crippen molar-refractivity contribution in [2.24, 2.45) is 5.73 Å². The average molecular weight is 476 g/mol. The Labute approximate surface area is 204 Å². The molecule has 0 unspecified atom stereocenters. The lowest BCUT2D eigenvalue weighted by Gasteiger charge is -2.13. The Morgan fingerprint density at radius 1 is 1.03 bits per heavy atom. The van der Waals surface area contributed by atoms with Gasteiger partial charge in [0.05, 0.1) is 20.1 Å². The van der Waals surface area contributed by atoms with Gasteiger partial charge in [-0.3, -0.25) is 4.79 Å². The van der Waals surface area contributed by atoms with Gasteiger partial charge >= 0.3 is 5.97 Å². The molecule has 0 atom stereocenters. The van der Waals surface area contributed by atoms with Crippen molar-refractivity contribution in [2.45, 2.75) is 26.0 Å². The number of methoxy groups -OCH3 is 2. The number of carboxylic acid groups (broad SMARTS) is 1. The minimum Gasteiger partial charge on any atom is -0.497 e. The third kappa shape index (κ3) is 5.65. The number of furan rings is 1. The van der Waals surface area contributed by atoms with Crippen LogP contribution in [-0.4, -0.2) is 31.9 Å². The Hall–Kier alpha value is -3.81. The predicted octanol–water partition coefficient (Wildman–Crippen LogP) is 4.96. The van der Waals surface area contributed by atoms with Gasteiger partial charge in [-0.25, -0.2) is 0 Å². The molecular weight excluding hydrogens is 446 g/mol. The Kier molecular flexibility index (Phi) is 7.70. The molecule has 7 heteroatoms. The minimum atomic E-state index is -0.932. The van der Waals surface area contributed by atoms with Gasteiger partial charge in [-0.1, -0.05) is 30.3 Å². The number of fused-ring (bicyclic) bond motifs is 1. The van der Waals surface area contributed by atoms with E-state index in [0.29, 0.717) is 36.6 Å². The maximum absolute atomic E-state index is 11.3. The molecule has 3 aromatic carbocycles. The molecule has 4 aromatic rings. The fourth-order valence-electron chi connectivity index (χ4n) is 4.07. The second kappa shape index (κ2) is 11.1. The summed E-state index contributed by atoms with van der Waals surface area (Å²) in [6, 6.07) is 19.4. The van der Waals surface area contributed by atoms with Gasteiger partial charge in [0, 0.05) is 42.7 Å². The van der Waals surface area contributed by atoms with E-state index in [0.717, 1.165) is 39.0 Å². The largest absolute Gasteiger partial charge is 0.497 e. The summed E-state index contributed by atoms with van der Waals surface area (Å²) in [6.45, 7) is 1.18. The van der Waals surface area contributed by atoms with Gasteiger partial charge in [0.25, 0.3) is 0 Å². The third-order valence-corrected chi connectivity index (χ3v) is 5.89. The molecule has 3 N–H and O–H groups in total. The molecule has 0 saturated heterocycles. The van der Waals surface area contributed by atoms with E-state index in [-0.39, 0.29) is 13.0 Å². The van der Waals surface area contributed by atoms with E-state index >= 15 is 0 Å². The Bertz CT molecular complexity index is 1330. The summed E-state index contributed by atoms with van der Waals surface area (Å²) in [6.07, 6.45) is 0.436. The maximum atomic E-state index is 11.3. The molecule has 1 heterocycles. The number of rotatable bonds is 11. The van der Waals surface area contributed by atoms with Gasteiger partial charge in [-0.05, 0) is 41.0 Å². The van der Waals surface area contributed by atoms with Crippen LogP contribution in [0.3, 0.4) is 0 Å². The summed E-state index contributed by atoms with van der Waals surface area (Å²) in [7, 11) is 3.21. The first-order chi connectivity index (χ1) is 17.0. The summed E-state index contributed by atoms with van der Waals surface area (Å²) in [4.78, 5) is 11.3. The van der Waals surface area contributed by atoms with Crippen LogP contribution < -0.4 is 15.2 Å². The van der Waals surface area contributed by atoms with Crippen LogP contribution in [0.2, 0.25) is 0 Å². The lowest BCUT2D eigenvalue weighted by molar-refractivity contribution is -0.136. The highest BCUT2D eigenvalue weighted by Gasteiger charge is 2.18. The molecular formula is C28H29NO6. The fourth-order valence-corrected chi connectivity index (χ4v) is 4.07. The summed E-state index contributed by atoms with van der Waals surface area (Å²) in [5.74, 6) is 0.898. The van der Waals surface area contributed by atoms with Crippen molar-refractivity contribution >= 4 is 16.9 Å². The second-order valence-corrected chi connectivity index (χ2v) is 8.19. The van der Waals surface area contributed by atoms with Crippen LogP contribution in [0.25, 0.3) is 22.1 Å². The van der Waals surface area contributed by atoms with Crippen LogP contribution in [0.15, 0.2) is 65.1 Å². The quantitative estimate of drug-likeness (QED) is 0.316. The highest BCUT2D eigenvalue weighted by Crippen LogP contribution is 2.33. The van der Waals surface area contributed by atoms with E-state index in [1.165, 1.54) is 0 Å². The van der Waals surface area contributed by atoms with Crippen LogP contribution in [0, 0.1) is 0 Å². The van der Waals surface area contributed by atoms with E-state index in [9.17, 15) is 9.90 Å². The average Bonchev–Trinajstić information content (AvgIpc) is 3.23. The van der Waals surface area contributed by atoms with E-state index in [1.807, 2.05) is 24.3 Å². The Morgan fingerprint density at radius 3 is 2.60 bits per heavy atom. The standard InChI is InChI=1S/C28H29NO6/c1-32-11-10-26-24(17-34-27-15-22(33-2)8-6-21(27)14-28(30)31)23-13-20(7-9-25(23)35-26)19-5-3-4-18(12-19)16-29/h3-9,12-13,15H,10-11,14,16-17,29H2,1-2H3,(H,30,31). The summed E-state index contributed by atoms with van der Waals surface area (Å²) >= 11 is 0. The first-order valence-electron chi connectivity index (χ1n) is 11.4. The van der Waals surface area contributed by atoms with Crippen molar-refractivity contribution in [1.82, 2.24) is 0 Å². The molecule has 0 aliphatic heterocycles. The van der Waals surface area contributed by atoms with Crippen molar-refractivity contribution in [2.75, 3.05) is 20.8 Å². The van der Waals surface area contributed by atoms with Gasteiger partial charge in [0.1, 0.15) is 29.4 Å². The van der Waals surface area contributed by atoms with Crippen LogP contribution in [-0.2, 0) is 35.5 Å². The monoisotopic (exact) mass is 475 g/mol. The lowest BCUT2D eigenvalue weighted by Crippen LogP contribution is -2.06. The molecule has 0 amide bonds. The number of benzene rings is 3. The van der Waals surface area contributed by atoms with E-state index in [1.54, 1.807) is 32.4 Å². The molecule has 0 saturated carbocycles. The SMILES string of the molecule is COCCc1oc2ccc(-c3cccc(CN)c3)cc2c1COc1cc(OC)ccc1CC(=O)O. The lowest BCUT2D eigenvalue weighted by atomic mass is 10.00. The Balaban J connectivity index is 1.73. The number of ether oxygens (including phenoxy) is 3. The van der Waals surface area contributed by atoms with Gasteiger partial charge in [-0.15, -0.1) is 0 Å². The zero-order valence-corrected chi connectivity index (χ0v) is 19.9. The molecule has 182 valence electrons. The highest BCUT2D eigenvalue weighted by molar-refractivity contribution is 5.87. The first-order valence-corrected chi connectivity index (χ1v) is 11.4. The number of hydrogen-bond acceptors (Lipinski definition) is 6. The smallest absolute Gasteiger partial charge is 0.307 e. The predicted molar refractivity (Wildman–Crippen MR) is 134 cm³/mol. The maximum Gasteiger partial charge on any atom is 0.307 e. The molecule has 0 radical (unpaired) electrons. The number of carbonyl (C=O) groups is 1. The van der Waals surface area contributed by atoms with Crippen molar-refractivity contribution < 1.29 is 28.5 Å². The molecule has 0 fully saturated rings. The topological polar surface area (TPSA) is 104 Å². The van der Waals surface area contributed by atoms with Crippen molar-refractivity contribution in [3.05, 3.63) is 83.1 Å². The second-order valence-electron chi connectivity index (χ2n) is 8.19. The number of hydrogen-bond donors (Lipinski definition) is 2. The number of aliphatic carboxylic acids is 1. The molecule has 0 aliphatic carbocycles. The van der Waals surface area contributed by atoms with Gasteiger partial charge < -0.3 is 29.5 Å². The highest BCUT2D eigenvalue weighted by atomic mass is 16.5. The summed E-state index contributed by atoms with van der Waals surface area (Å²) < 4.78 is 22.9. The van der Waals surface area contributed by atoms with E-state index in [2.05, 4.69) is 18.2 Å². The molecule has 4 rings (SSSR count). The molecule has 0 aliphatic rings. The third-order valence-electron chi connectivity index (χ3n) is 5.89. The summed E-state index contributed by atoms with van der Waals surface area (Å²) in [5, 5.41) is 10.2. The van der Waals surface area contributed by atoms with Crippen LogP contribution in [0.5, 0.6) is 11.5 Å². The molecule has 0 bridgehead atoms. The fraction of sp³-hybridized carbons (Fsp3) is 0.250. The summed E-state index contributed by atoms with van der Waals surface area (Å²) in [5.41, 5.74) is 11.2. The van der Waals surface area contributed by atoms with E-state index < -0.39 is 5.97 Å². The van der Waals surface area contributed by atoms with Crippen LogP contribution >= 0.6 is 0 Å². The van der Waals surface area contributed by atoms with Crippen molar-refractivity contribution in [1.29, 1.82) is 0 Å². The molecule has 35 heavy (non-hydrogen) atoms. The van der Waals surface area contributed by atoms with Crippen molar-refractivity contribution in [3.63, 3.8) is 0 Å². The van der Waals surface area contributed by atoms with E-state index in [4.69, 9.17) is 24.4 Å². The van der Waals surface area contributed by atoms with Gasteiger partial charge in [0.2, 0.25) is 0 Å². The van der Waals surface area contributed by atoms with Crippen molar-refractivity contribution in [3.8, 4) is 22.6 Å². The van der Waals surface area contributed by atoms with Crippen LogP contribution in [0.4, 0.5) is 0 Å². The molecule has 0 spiro atoms.